The topological polar surface area (TPSA) is 35.5 Å². The molecule has 0 N–H and O–H groups in total. The number of rotatable bonds is 6. The Hall–Kier alpha value is -1.65. The molecule has 0 fully saturated rings. The summed E-state index contributed by atoms with van der Waals surface area (Å²) in [6.45, 7) is 2.87. The van der Waals surface area contributed by atoms with Gasteiger partial charge in [0.1, 0.15) is 18.1 Å². The number of ketones is 1. The highest BCUT2D eigenvalue weighted by Crippen LogP contribution is 2.25. The van der Waals surface area contributed by atoms with Crippen molar-refractivity contribution < 1.29 is 23.0 Å². The van der Waals surface area contributed by atoms with E-state index in [0.717, 1.165) is 0 Å². The zero-order valence-corrected chi connectivity index (χ0v) is 9.70. The summed E-state index contributed by atoms with van der Waals surface area (Å²) in [4.78, 5) is 11.3. The molecule has 5 heteroatoms. The van der Waals surface area contributed by atoms with Crippen molar-refractivity contribution in [3.63, 3.8) is 0 Å². The highest BCUT2D eigenvalue weighted by molar-refractivity contribution is 5.97. The third-order valence-electron chi connectivity index (χ3n) is 2.01. The lowest BCUT2D eigenvalue weighted by molar-refractivity contribution is 0.0800. The van der Waals surface area contributed by atoms with E-state index in [0.29, 0.717) is 12.4 Å². The Morgan fingerprint density at radius 2 is 2.06 bits per heavy atom. The molecule has 0 bridgehead atoms. The van der Waals surface area contributed by atoms with Gasteiger partial charge in [-0.05, 0) is 26.0 Å². The van der Waals surface area contributed by atoms with Crippen molar-refractivity contribution in [1.82, 2.24) is 0 Å². The van der Waals surface area contributed by atoms with Crippen molar-refractivity contribution in [2.24, 2.45) is 0 Å². The molecule has 1 rings (SSSR count). The molecule has 3 nitrogen and oxygen atoms in total. The van der Waals surface area contributed by atoms with Crippen molar-refractivity contribution >= 4 is 5.78 Å². The molecule has 0 aliphatic heterocycles. The molecule has 1 aromatic carbocycles. The van der Waals surface area contributed by atoms with E-state index < -0.39 is 13.0 Å². The van der Waals surface area contributed by atoms with E-state index in [2.05, 4.69) is 0 Å². The molecule has 0 amide bonds. The monoisotopic (exact) mass is 244 g/mol. The lowest BCUT2D eigenvalue weighted by atomic mass is 10.1. The van der Waals surface area contributed by atoms with Gasteiger partial charge in [0.05, 0.1) is 12.2 Å². The van der Waals surface area contributed by atoms with Gasteiger partial charge < -0.3 is 9.47 Å². The summed E-state index contributed by atoms with van der Waals surface area (Å²) in [5.41, 5.74) is 0.272. The minimum Gasteiger partial charge on any atom is -0.494 e. The number of hydrogen-bond donors (Lipinski definition) is 0. The third kappa shape index (κ3) is 4.01. The van der Waals surface area contributed by atoms with Gasteiger partial charge in [-0.15, -0.1) is 0 Å². The van der Waals surface area contributed by atoms with E-state index >= 15 is 0 Å². The highest BCUT2D eigenvalue weighted by Gasteiger charge is 2.12. The van der Waals surface area contributed by atoms with Gasteiger partial charge in [-0.25, -0.2) is 8.78 Å². The van der Waals surface area contributed by atoms with E-state index in [9.17, 15) is 13.6 Å². The summed E-state index contributed by atoms with van der Waals surface area (Å²) in [7, 11) is 0. The van der Waals surface area contributed by atoms with Gasteiger partial charge in [0.25, 0.3) is 6.43 Å². The van der Waals surface area contributed by atoms with E-state index in [1.54, 1.807) is 13.0 Å². The maximum Gasteiger partial charge on any atom is 0.272 e. The Morgan fingerprint density at radius 3 is 2.59 bits per heavy atom. The summed E-state index contributed by atoms with van der Waals surface area (Å²) in [5, 5.41) is 0. The second-order valence-electron chi connectivity index (χ2n) is 3.35. The molecular weight excluding hydrogens is 230 g/mol. The van der Waals surface area contributed by atoms with Gasteiger partial charge >= 0.3 is 0 Å². The zero-order valence-electron chi connectivity index (χ0n) is 9.70. The summed E-state index contributed by atoms with van der Waals surface area (Å²) >= 11 is 0. The average Bonchev–Trinajstić information content (AvgIpc) is 2.26. The molecule has 0 heterocycles. The first kappa shape index (κ1) is 13.4. The maximum atomic E-state index is 12.1. The Balaban J connectivity index is 2.94. The molecule has 1 aromatic rings. The van der Waals surface area contributed by atoms with Crippen LogP contribution in [0.2, 0.25) is 0 Å². The van der Waals surface area contributed by atoms with Crippen LogP contribution in [0.25, 0.3) is 0 Å². The molecule has 0 spiro atoms. The first-order valence-electron chi connectivity index (χ1n) is 5.23. The molecule has 0 aliphatic carbocycles. The lowest BCUT2D eigenvalue weighted by Gasteiger charge is -2.11. The first-order chi connectivity index (χ1) is 8.04. The number of alkyl halides is 2. The summed E-state index contributed by atoms with van der Waals surface area (Å²) in [6, 6.07) is 4.56. The Bertz CT molecular complexity index is 391. The summed E-state index contributed by atoms with van der Waals surface area (Å²) in [5.74, 6) is 0.378. The van der Waals surface area contributed by atoms with Crippen LogP contribution in [0.4, 0.5) is 8.78 Å². The van der Waals surface area contributed by atoms with Crippen LogP contribution < -0.4 is 9.47 Å². The van der Waals surface area contributed by atoms with E-state index in [1.807, 2.05) is 0 Å². The van der Waals surface area contributed by atoms with Gasteiger partial charge in [-0.2, -0.15) is 0 Å². The lowest BCUT2D eigenvalue weighted by Crippen LogP contribution is -2.09. The van der Waals surface area contributed by atoms with Gasteiger partial charge in [-0.1, -0.05) is 0 Å². The Kier molecular flexibility index (Phi) is 4.87. The minimum atomic E-state index is -2.58. The van der Waals surface area contributed by atoms with Crippen LogP contribution in [-0.2, 0) is 0 Å². The first-order valence-corrected chi connectivity index (χ1v) is 5.23. The fraction of sp³-hybridized carbons (Fsp3) is 0.417. The minimum absolute atomic E-state index is 0.128. The molecule has 0 radical (unpaired) electrons. The molecule has 0 saturated carbocycles. The van der Waals surface area contributed by atoms with Gasteiger partial charge in [0.15, 0.2) is 5.78 Å². The number of benzene rings is 1. The third-order valence-corrected chi connectivity index (χ3v) is 2.01. The van der Waals surface area contributed by atoms with Gasteiger partial charge in [-0.3, -0.25) is 4.79 Å². The normalized spacial score (nSPS) is 10.4. The number of hydrogen-bond acceptors (Lipinski definition) is 3. The quantitative estimate of drug-likeness (QED) is 0.722. The van der Waals surface area contributed by atoms with Crippen molar-refractivity contribution in [1.29, 1.82) is 0 Å². The van der Waals surface area contributed by atoms with Crippen LogP contribution in [0.3, 0.4) is 0 Å². The van der Waals surface area contributed by atoms with Crippen LogP contribution in [-0.4, -0.2) is 25.4 Å². The average molecular weight is 244 g/mol. The van der Waals surface area contributed by atoms with E-state index in [1.165, 1.54) is 19.1 Å². The Labute approximate surface area is 98.3 Å². The number of carbonyl (C=O) groups is 1. The predicted octanol–water partition coefficient (Wildman–Crippen LogP) is 2.93. The van der Waals surface area contributed by atoms with Crippen LogP contribution in [0.5, 0.6) is 11.5 Å². The van der Waals surface area contributed by atoms with E-state index in [4.69, 9.17) is 9.47 Å². The molecule has 17 heavy (non-hydrogen) atoms. The van der Waals surface area contributed by atoms with Crippen LogP contribution in [0.1, 0.15) is 24.2 Å². The number of carbonyl (C=O) groups excluding carboxylic acids is 1. The van der Waals surface area contributed by atoms with Crippen LogP contribution in [0.15, 0.2) is 18.2 Å². The molecule has 0 saturated heterocycles. The Morgan fingerprint density at radius 1 is 1.35 bits per heavy atom. The number of halogens is 2. The van der Waals surface area contributed by atoms with Gasteiger partial charge in [0.2, 0.25) is 0 Å². The smallest absolute Gasteiger partial charge is 0.272 e. The number of ether oxygens (including phenoxy) is 2. The van der Waals surface area contributed by atoms with E-state index in [-0.39, 0.29) is 17.1 Å². The SMILES string of the molecule is CCOc1ccc(C(C)=O)c(OCC(F)F)c1. The predicted molar refractivity (Wildman–Crippen MR) is 59.1 cm³/mol. The molecule has 0 aliphatic rings. The summed E-state index contributed by atoms with van der Waals surface area (Å²) in [6.07, 6.45) is -2.58. The van der Waals surface area contributed by atoms with Crippen molar-refractivity contribution in [2.75, 3.05) is 13.2 Å². The molecule has 0 atom stereocenters. The molecule has 94 valence electrons. The van der Waals surface area contributed by atoms with Crippen LogP contribution >= 0.6 is 0 Å². The van der Waals surface area contributed by atoms with Gasteiger partial charge in [0, 0.05) is 6.07 Å². The standard InChI is InChI=1S/C12H14F2O3/c1-3-16-9-4-5-10(8(2)15)11(6-9)17-7-12(13)14/h4-6,12H,3,7H2,1-2H3. The second-order valence-corrected chi connectivity index (χ2v) is 3.35. The molecule has 0 aromatic heterocycles. The fourth-order valence-electron chi connectivity index (χ4n) is 1.32. The maximum absolute atomic E-state index is 12.1. The molecular formula is C12H14F2O3. The largest absolute Gasteiger partial charge is 0.494 e. The highest BCUT2D eigenvalue weighted by atomic mass is 19.3. The van der Waals surface area contributed by atoms with Crippen molar-refractivity contribution in [3.8, 4) is 11.5 Å². The fourth-order valence-corrected chi connectivity index (χ4v) is 1.32. The number of Topliss-reactive ketones (excluding diaryl/α,β-unsaturated/α-hetero) is 1. The molecule has 0 unspecified atom stereocenters. The van der Waals surface area contributed by atoms with Crippen LogP contribution in [0, 0.1) is 0 Å². The van der Waals surface area contributed by atoms with Crippen molar-refractivity contribution in [2.45, 2.75) is 20.3 Å². The second kappa shape index (κ2) is 6.18. The summed E-state index contributed by atoms with van der Waals surface area (Å²) < 4.78 is 34.2. The zero-order chi connectivity index (χ0) is 12.8. The van der Waals surface area contributed by atoms with Crippen molar-refractivity contribution in [3.05, 3.63) is 23.8 Å².